The van der Waals surface area contributed by atoms with Crippen molar-refractivity contribution in [2.45, 2.75) is 6.92 Å². The van der Waals surface area contributed by atoms with Crippen LogP contribution in [0.25, 0.3) is 0 Å². The van der Waals surface area contributed by atoms with Crippen molar-refractivity contribution in [2.24, 2.45) is 0 Å². The van der Waals surface area contributed by atoms with Gasteiger partial charge in [-0.3, -0.25) is 0 Å². The first-order chi connectivity index (χ1) is 8.35. The molecular formula is C14H13N3. The maximum absolute atomic E-state index is 8.86. The van der Waals surface area contributed by atoms with Gasteiger partial charge in [0, 0.05) is 24.1 Å². The Morgan fingerprint density at radius 1 is 1.18 bits per heavy atom. The van der Waals surface area contributed by atoms with Gasteiger partial charge in [-0.15, -0.1) is 0 Å². The zero-order chi connectivity index (χ0) is 12.1. The van der Waals surface area contributed by atoms with E-state index in [0.29, 0.717) is 5.69 Å². The number of rotatable bonds is 3. The quantitative estimate of drug-likeness (QED) is 0.802. The fourth-order valence-electron chi connectivity index (χ4n) is 1.77. The molecule has 2 rings (SSSR count). The normalized spacial score (nSPS) is 9.65. The largest absolute Gasteiger partial charge is 0.342 e. The van der Waals surface area contributed by atoms with Crippen molar-refractivity contribution in [1.29, 1.82) is 5.26 Å². The Hall–Kier alpha value is -2.34. The number of nitriles is 1. The van der Waals surface area contributed by atoms with Crippen LogP contribution in [0.4, 0.5) is 11.4 Å². The van der Waals surface area contributed by atoms with Gasteiger partial charge in [0.15, 0.2) is 0 Å². The van der Waals surface area contributed by atoms with Crippen molar-refractivity contribution in [3.05, 3.63) is 54.4 Å². The SMILES string of the molecule is CCN(c1ccccc1)c1ccnc(C#N)c1. The lowest BCUT2D eigenvalue weighted by atomic mass is 10.2. The Balaban J connectivity index is 2.39. The van der Waals surface area contributed by atoms with Gasteiger partial charge < -0.3 is 4.90 Å². The fraction of sp³-hybridized carbons (Fsp3) is 0.143. The van der Waals surface area contributed by atoms with Crippen molar-refractivity contribution in [3.63, 3.8) is 0 Å². The van der Waals surface area contributed by atoms with E-state index in [1.807, 2.05) is 24.3 Å². The van der Waals surface area contributed by atoms with Crippen LogP contribution in [0.1, 0.15) is 12.6 Å². The molecule has 3 heteroatoms. The van der Waals surface area contributed by atoms with Crippen LogP contribution in [-0.2, 0) is 0 Å². The molecule has 2 aromatic rings. The number of hydrogen-bond donors (Lipinski definition) is 0. The van der Waals surface area contributed by atoms with Gasteiger partial charge in [-0.05, 0) is 31.2 Å². The lowest BCUT2D eigenvalue weighted by molar-refractivity contribution is 1.02. The first-order valence-electron chi connectivity index (χ1n) is 5.54. The Morgan fingerprint density at radius 2 is 1.94 bits per heavy atom. The molecule has 0 saturated carbocycles. The minimum absolute atomic E-state index is 0.442. The number of para-hydroxylation sites is 1. The average Bonchev–Trinajstić information content (AvgIpc) is 2.41. The smallest absolute Gasteiger partial charge is 0.142 e. The van der Waals surface area contributed by atoms with Gasteiger partial charge in [-0.1, -0.05) is 18.2 Å². The monoisotopic (exact) mass is 223 g/mol. The summed E-state index contributed by atoms with van der Waals surface area (Å²) in [6, 6.07) is 15.9. The van der Waals surface area contributed by atoms with Gasteiger partial charge in [0.05, 0.1) is 0 Å². The Labute approximate surface area is 101 Å². The van der Waals surface area contributed by atoms with Crippen LogP contribution in [0.3, 0.4) is 0 Å². The highest BCUT2D eigenvalue weighted by molar-refractivity contribution is 5.63. The molecule has 3 nitrogen and oxygen atoms in total. The molecule has 1 aromatic carbocycles. The van der Waals surface area contributed by atoms with Crippen LogP contribution in [0.15, 0.2) is 48.7 Å². The van der Waals surface area contributed by atoms with E-state index in [9.17, 15) is 0 Å². The van der Waals surface area contributed by atoms with Gasteiger partial charge in [0.1, 0.15) is 11.8 Å². The maximum Gasteiger partial charge on any atom is 0.142 e. The molecular weight excluding hydrogens is 210 g/mol. The number of nitrogens with zero attached hydrogens (tertiary/aromatic N) is 3. The minimum atomic E-state index is 0.442. The first-order valence-corrected chi connectivity index (χ1v) is 5.54. The molecule has 17 heavy (non-hydrogen) atoms. The zero-order valence-electron chi connectivity index (χ0n) is 9.67. The summed E-state index contributed by atoms with van der Waals surface area (Å²) in [5.74, 6) is 0. The second-order valence-electron chi connectivity index (χ2n) is 3.59. The fourth-order valence-corrected chi connectivity index (χ4v) is 1.77. The van der Waals surface area contributed by atoms with Crippen molar-refractivity contribution in [2.75, 3.05) is 11.4 Å². The van der Waals surface area contributed by atoms with E-state index >= 15 is 0 Å². The Kier molecular flexibility index (Phi) is 3.37. The summed E-state index contributed by atoms with van der Waals surface area (Å²) in [4.78, 5) is 6.12. The van der Waals surface area contributed by atoms with Crippen molar-refractivity contribution >= 4 is 11.4 Å². The molecule has 0 aliphatic rings. The summed E-state index contributed by atoms with van der Waals surface area (Å²) in [5, 5.41) is 8.86. The van der Waals surface area contributed by atoms with Crippen molar-refractivity contribution in [1.82, 2.24) is 4.98 Å². The lowest BCUT2D eigenvalue weighted by Crippen LogP contribution is -2.16. The minimum Gasteiger partial charge on any atom is -0.342 e. The van der Waals surface area contributed by atoms with E-state index in [1.54, 1.807) is 12.3 Å². The van der Waals surface area contributed by atoms with Gasteiger partial charge in [0.2, 0.25) is 0 Å². The van der Waals surface area contributed by atoms with E-state index in [-0.39, 0.29) is 0 Å². The molecule has 0 bridgehead atoms. The molecule has 0 unspecified atom stereocenters. The summed E-state index contributed by atoms with van der Waals surface area (Å²) in [6.45, 7) is 2.93. The number of hydrogen-bond acceptors (Lipinski definition) is 3. The van der Waals surface area contributed by atoms with E-state index in [4.69, 9.17) is 5.26 Å². The van der Waals surface area contributed by atoms with Gasteiger partial charge in [-0.2, -0.15) is 5.26 Å². The number of pyridine rings is 1. The molecule has 0 amide bonds. The standard InChI is InChI=1S/C14H13N3/c1-2-17(13-6-4-3-5-7-13)14-8-9-16-12(10-14)11-15/h3-10H,2H2,1H3. The van der Waals surface area contributed by atoms with Crippen LogP contribution in [-0.4, -0.2) is 11.5 Å². The van der Waals surface area contributed by atoms with E-state index in [2.05, 4.69) is 35.0 Å². The number of anilines is 2. The highest BCUT2D eigenvalue weighted by Crippen LogP contribution is 2.24. The molecule has 0 radical (unpaired) electrons. The molecule has 0 saturated heterocycles. The second-order valence-corrected chi connectivity index (χ2v) is 3.59. The molecule has 0 fully saturated rings. The predicted octanol–water partition coefficient (Wildman–Crippen LogP) is 3.11. The molecule has 0 aliphatic heterocycles. The predicted molar refractivity (Wildman–Crippen MR) is 68.1 cm³/mol. The van der Waals surface area contributed by atoms with Gasteiger partial charge >= 0.3 is 0 Å². The third-order valence-electron chi connectivity index (χ3n) is 2.55. The summed E-state index contributed by atoms with van der Waals surface area (Å²) >= 11 is 0. The van der Waals surface area contributed by atoms with Crippen LogP contribution < -0.4 is 4.90 Å². The topological polar surface area (TPSA) is 39.9 Å². The highest BCUT2D eigenvalue weighted by Gasteiger charge is 2.07. The second kappa shape index (κ2) is 5.13. The van der Waals surface area contributed by atoms with E-state index < -0.39 is 0 Å². The molecule has 0 atom stereocenters. The Morgan fingerprint density at radius 3 is 2.59 bits per heavy atom. The maximum atomic E-state index is 8.86. The van der Waals surface area contributed by atoms with Crippen molar-refractivity contribution in [3.8, 4) is 6.07 Å². The van der Waals surface area contributed by atoms with E-state index in [0.717, 1.165) is 17.9 Å². The highest BCUT2D eigenvalue weighted by atomic mass is 15.1. The van der Waals surface area contributed by atoms with Gasteiger partial charge in [0.25, 0.3) is 0 Å². The number of benzene rings is 1. The van der Waals surface area contributed by atoms with Crippen molar-refractivity contribution < 1.29 is 0 Å². The molecule has 0 aliphatic carbocycles. The Bertz CT molecular complexity index is 529. The van der Waals surface area contributed by atoms with Crippen LogP contribution >= 0.6 is 0 Å². The van der Waals surface area contributed by atoms with Gasteiger partial charge in [-0.25, -0.2) is 4.98 Å². The molecule has 1 heterocycles. The van der Waals surface area contributed by atoms with Crippen LogP contribution in [0.2, 0.25) is 0 Å². The summed E-state index contributed by atoms with van der Waals surface area (Å²) < 4.78 is 0. The third kappa shape index (κ3) is 2.43. The van der Waals surface area contributed by atoms with Crippen LogP contribution in [0, 0.1) is 11.3 Å². The van der Waals surface area contributed by atoms with E-state index in [1.165, 1.54) is 0 Å². The first kappa shape index (κ1) is 11.2. The summed E-state index contributed by atoms with van der Waals surface area (Å²) in [7, 11) is 0. The molecule has 0 N–H and O–H groups in total. The third-order valence-corrected chi connectivity index (χ3v) is 2.55. The number of aromatic nitrogens is 1. The molecule has 84 valence electrons. The summed E-state index contributed by atoms with van der Waals surface area (Å²) in [5.41, 5.74) is 2.55. The molecule has 0 spiro atoms. The molecule has 1 aromatic heterocycles. The average molecular weight is 223 g/mol. The summed E-state index contributed by atoms with van der Waals surface area (Å²) in [6.07, 6.45) is 1.67. The zero-order valence-corrected chi connectivity index (χ0v) is 9.67. The van der Waals surface area contributed by atoms with Crippen LogP contribution in [0.5, 0.6) is 0 Å². The lowest BCUT2D eigenvalue weighted by Gasteiger charge is -2.23.